The summed E-state index contributed by atoms with van der Waals surface area (Å²) in [5.41, 5.74) is 6.16. The number of aliphatic hydroxyl groups is 1. The molecule has 94 valence electrons. The number of alkyl halides is 3. The maximum absolute atomic E-state index is 12.5. The number of rotatable bonds is 0. The van der Waals surface area contributed by atoms with Crippen LogP contribution >= 0.6 is 0 Å². The third-order valence-corrected chi connectivity index (χ3v) is 3.18. The first-order valence-corrected chi connectivity index (χ1v) is 5.53. The van der Waals surface area contributed by atoms with Gasteiger partial charge < -0.3 is 10.8 Å². The molecule has 1 aliphatic rings. The van der Waals surface area contributed by atoms with Crippen molar-refractivity contribution >= 4 is 0 Å². The van der Waals surface area contributed by atoms with Crippen molar-refractivity contribution in [2.24, 2.45) is 5.73 Å². The van der Waals surface area contributed by atoms with E-state index in [-0.39, 0.29) is 0 Å². The summed E-state index contributed by atoms with van der Waals surface area (Å²) in [6.45, 7) is 0. The van der Waals surface area contributed by atoms with Crippen molar-refractivity contribution in [3.63, 3.8) is 0 Å². The zero-order valence-corrected chi connectivity index (χ0v) is 9.17. The molecule has 0 saturated carbocycles. The summed E-state index contributed by atoms with van der Waals surface area (Å²) in [6.07, 6.45) is -3.35. The number of benzene rings is 1. The molecule has 2 rings (SSSR count). The van der Waals surface area contributed by atoms with Crippen LogP contribution in [0.15, 0.2) is 18.2 Å². The van der Waals surface area contributed by atoms with Gasteiger partial charge in [0, 0.05) is 6.04 Å². The van der Waals surface area contributed by atoms with Crippen LogP contribution in [0.3, 0.4) is 0 Å². The van der Waals surface area contributed by atoms with Gasteiger partial charge in [0.1, 0.15) is 0 Å². The second kappa shape index (κ2) is 4.31. The predicted octanol–water partition coefficient (Wildman–Crippen LogP) is 2.40. The quantitative estimate of drug-likeness (QED) is 0.689. The summed E-state index contributed by atoms with van der Waals surface area (Å²) in [5.74, 6) is 0. The maximum atomic E-state index is 12.5. The van der Waals surface area contributed by atoms with E-state index < -0.39 is 23.9 Å². The highest BCUT2D eigenvalue weighted by atomic mass is 19.4. The summed E-state index contributed by atoms with van der Waals surface area (Å²) >= 11 is 0. The van der Waals surface area contributed by atoms with Crippen LogP contribution in [0.2, 0.25) is 0 Å². The maximum Gasteiger partial charge on any atom is 0.416 e. The molecule has 0 radical (unpaired) electrons. The Morgan fingerprint density at radius 3 is 2.65 bits per heavy atom. The third kappa shape index (κ3) is 2.45. The molecule has 0 spiro atoms. The molecule has 0 saturated heterocycles. The van der Waals surface area contributed by atoms with Crippen LogP contribution in [0.1, 0.15) is 35.6 Å². The Balaban J connectivity index is 2.43. The number of hydrogen-bond donors (Lipinski definition) is 2. The van der Waals surface area contributed by atoms with Crippen molar-refractivity contribution < 1.29 is 18.3 Å². The van der Waals surface area contributed by atoms with Crippen molar-refractivity contribution in [1.29, 1.82) is 0 Å². The van der Waals surface area contributed by atoms with Gasteiger partial charge >= 0.3 is 6.18 Å². The second-order valence-electron chi connectivity index (χ2n) is 4.41. The predicted molar refractivity (Wildman–Crippen MR) is 57.3 cm³/mol. The number of nitrogens with two attached hydrogens (primary N) is 1. The minimum Gasteiger partial charge on any atom is -0.387 e. The normalized spacial score (nSPS) is 25.2. The van der Waals surface area contributed by atoms with Gasteiger partial charge in [-0.1, -0.05) is 6.07 Å². The van der Waals surface area contributed by atoms with Crippen LogP contribution in [0.4, 0.5) is 13.2 Å². The summed E-state index contributed by atoms with van der Waals surface area (Å²) in [5, 5.41) is 9.90. The molecule has 5 heteroatoms. The zero-order valence-electron chi connectivity index (χ0n) is 9.17. The summed E-state index contributed by atoms with van der Waals surface area (Å²) in [6, 6.07) is 3.07. The monoisotopic (exact) mass is 245 g/mol. The highest BCUT2D eigenvalue weighted by Gasteiger charge is 2.32. The Labute approximate surface area is 97.2 Å². The molecule has 0 bridgehead atoms. The first-order chi connectivity index (χ1) is 7.89. The number of fused-ring (bicyclic) bond motifs is 1. The summed E-state index contributed by atoms with van der Waals surface area (Å²) in [7, 11) is 0. The lowest BCUT2D eigenvalue weighted by Crippen LogP contribution is -2.27. The largest absolute Gasteiger partial charge is 0.416 e. The standard InChI is InChI=1S/C12H14F3NO/c13-12(14,15)8-4-5-9-7(6-8)2-1-3-10(16)11(9)17/h4-6,10-11,17H,1-3,16H2/t10-,11-/m0/s1. The number of aliphatic hydroxyl groups excluding tert-OH is 1. The van der Waals surface area contributed by atoms with E-state index in [1.807, 2.05) is 0 Å². The molecule has 3 N–H and O–H groups in total. The molecule has 0 aliphatic heterocycles. The van der Waals surface area contributed by atoms with Crippen LogP contribution in [-0.2, 0) is 12.6 Å². The van der Waals surface area contributed by atoms with E-state index in [0.717, 1.165) is 12.1 Å². The lowest BCUT2D eigenvalue weighted by Gasteiger charge is -2.18. The highest BCUT2D eigenvalue weighted by molar-refractivity contribution is 5.36. The average Bonchev–Trinajstić information content (AvgIpc) is 2.38. The van der Waals surface area contributed by atoms with E-state index in [1.54, 1.807) is 0 Å². The number of hydrogen-bond acceptors (Lipinski definition) is 2. The topological polar surface area (TPSA) is 46.2 Å². The third-order valence-electron chi connectivity index (χ3n) is 3.18. The Morgan fingerprint density at radius 2 is 2.00 bits per heavy atom. The van der Waals surface area contributed by atoms with Gasteiger partial charge in [-0.05, 0) is 42.5 Å². The second-order valence-corrected chi connectivity index (χ2v) is 4.41. The molecule has 1 aromatic rings. The molecule has 0 amide bonds. The van der Waals surface area contributed by atoms with E-state index in [9.17, 15) is 18.3 Å². The molecule has 0 aromatic heterocycles. The Bertz CT molecular complexity index is 417. The lowest BCUT2D eigenvalue weighted by molar-refractivity contribution is -0.137. The van der Waals surface area contributed by atoms with Crippen LogP contribution in [0.25, 0.3) is 0 Å². The van der Waals surface area contributed by atoms with Gasteiger partial charge in [0.25, 0.3) is 0 Å². The van der Waals surface area contributed by atoms with Gasteiger partial charge in [-0.15, -0.1) is 0 Å². The highest BCUT2D eigenvalue weighted by Crippen LogP contribution is 2.34. The fraction of sp³-hybridized carbons (Fsp3) is 0.500. The van der Waals surface area contributed by atoms with Gasteiger partial charge in [-0.25, -0.2) is 0 Å². The smallest absolute Gasteiger partial charge is 0.387 e. The van der Waals surface area contributed by atoms with Crippen molar-refractivity contribution in [3.05, 3.63) is 34.9 Å². The summed E-state index contributed by atoms with van der Waals surface area (Å²) in [4.78, 5) is 0. The van der Waals surface area contributed by atoms with Crippen molar-refractivity contribution in [1.82, 2.24) is 0 Å². The van der Waals surface area contributed by atoms with Gasteiger partial charge in [-0.3, -0.25) is 0 Å². The first-order valence-electron chi connectivity index (χ1n) is 5.53. The molecule has 0 unspecified atom stereocenters. The number of halogens is 3. The van der Waals surface area contributed by atoms with Gasteiger partial charge in [0.15, 0.2) is 0 Å². The van der Waals surface area contributed by atoms with E-state index in [1.165, 1.54) is 6.07 Å². The molecular formula is C12H14F3NO. The summed E-state index contributed by atoms with van der Waals surface area (Å²) < 4.78 is 37.6. The molecule has 17 heavy (non-hydrogen) atoms. The molecule has 2 atom stereocenters. The fourth-order valence-electron chi connectivity index (χ4n) is 2.20. The van der Waals surface area contributed by atoms with Crippen LogP contribution in [0.5, 0.6) is 0 Å². The van der Waals surface area contributed by atoms with Crippen molar-refractivity contribution in [2.75, 3.05) is 0 Å². The first kappa shape index (κ1) is 12.4. The molecule has 1 aromatic carbocycles. The Morgan fingerprint density at radius 1 is 1.29 bits per heavy atom. The van der Waals surface area contributed by atoms with Gasteiger partial charge in [0.2, 0.25) is 0 Å². The number of aryl methyl sites for hydroxylation is 1. The molecule has 2 nitrogen and oxygen atoms in total. The van der Waals surface area contributed by atoms with E-state index in [2.05, 4.69) is 0 Å². The minimum absolute atomic E-state index is 0.395. The Hall–Kier alpha value is -1.07. The molecule has 1 aliphatic carbocycles. The zero-order chi connectivity index (χ0) is 12.6. The molecular weight excluding hydrogens is 231 g/mol. The minimum atomic E-state index is -4.34. The Kier molecular flexibility index (Phi) is 3.14. The van der Waals surface area contributed by atoms with E-state index in [4.69, 9.17) is 5.73 Å². The van der Waals surface area contributed by atoms with Gasteiger partial charge in [0.05, 0.1) is 11.7 Å². The van der Waals surface area contributed by atoms with Crippen molar-refractivity contribution in [2.45, 2.75) is 37.6 Å². The average molecular weight is 245 g/mol. The lowest BCUT2D eigenvalue weighted by atomic mass is 9.97. The van der Waals surface area contributed by atoms with Crippen LogP contribution in [0, 0.1) is 0 Å². The molecule has 0 heterocycles. The van der Waals surface area contributed by atoms with Gasteiger partial charge in [-0.2, -0.15) is 13.2 Å². The van der Waals surface area contributed by atoms with Crippen LogP contribution < -0.4 is 5.73 Å². The van der Waals surface area contributed by atoms with Crippen molar-refractivity contribution in [3.8, 4) is 0 Å². The molecule has 0 fully saturated rings. The van der Waals surface area contributed by atoms with Crippen LogP contribution in [-0.4, -0.2) is 11.1 Å². The van der Waals surface area contributed by atoms with E-state index >= 15 is 0 Å². The van der Waals surface area contributed by atoms with E-state index in [0.29, 0.717) is 30.4 Å². The SMILES string of the molecule is N[C@H]1CCCc2cc(C(F)(F)F)ccc2[C@@H]1O. The fourth-order valence-corrected chi connectivity index (χ4v) is 2.20.